The summed E-state index contributed by atoms with van der Waals surface area (Å²) in [6.45, 7) is 2.16. The predicted molar refractivity (Wildman–Crippen MR) is 181 cm³/mol. The highest BCUT2D eigenvalue weighted by atomic mass is 16.3. The van der Waals surface area contributed by atoms with Crippen molar-refractivity contribution < 1.29 is 4.42 Å². The van der Waals surface area contributed by atoms with Gasteiger partial charge in [-0.15, -0.1) is 0 Å². The zero-order chi connectivity index (χ0) is 30.2. The van der Waals surface area contributed by atoms with Crippen molar-refractivity contribution >= 4 is 21.9 Å². The Morgan fingerprint density at radius 2 is 1.13 bits per heavy atom. The van der Waals surface area contributed by atoms with Gasteiger partial charge in [-0.3, -0.25) is 4.98 Å². The van der Waals surface area contributed by atoms with Crippen LogP contribution in [0.3, 0.4) is 0 Å². The third-order valence-corrected chi connectivity index (χ3v) is 8.23. The fraction of sp³-hybridized carbons (Fsp3) is 0.0500. The number of aryl methyl sites for hydroxylation is 1. The van der Waals surface area contributed by atoms with Crippen molar-refractivity contribution in [2.75, 3.05) is 0 Å². The molecule has 214 valence electrons. The Kier molecular flexibility index (Phi) is 6.69. The highest BCUT2D eigenvalue weighted by molar-refractivity contribution is 6.11. The van der Waals surface area contributed by atoms with Gasteiger partial charge in [-0.1, -0.05) is 110 Å². The zero-order valence-corrected chi connectivity index (χ0v) is 24.7. The molecule has 0 N–H and O–H groups in total. The van der Waals surface area contributed by atoms with Gasteiger partial charge >= 0.3 is 0 Å². The molecule has 0 saturated carbocycles. The molecule has 0 saturated heterocycles. The van der Waals surface area contributed by atoms with Crippen molar-refractivity contribution in [1.29, 1.82) is 0 Å². The van der Waals surface area contributed by atoms with Crippen molar-refractivity contribution in [2.45, 2.75) is 13.3 Å². The van der Waals surface area contributed by atoms with E-state index in [-0.39, 0.29) is 0 Å². The number of hydrogen-bond acceptors (Lipinski definition) is 5. The number of rotatable bonds is 6. The minimum atomic E-state index is 0.564. The molecule has 3 heterocycles. The second-order valence-corrected chi connectivity index (χ2v) is 11.0. The molecule has 3 aromatic heterocycles. The molecule has 5 heteroatoms. The molecule has 0 radical (unpaired) electrons. The van der Waals surface area contributed by atoms with Crippen LogP contribution in [0.4, 0.5) is 0 Å². The lowest BCUT2D eigenvalue weighted by Gasteiger charge is -2.11. The minimum Gasteiger partial charge on any atom is -0.455 e. The standard InChI is InChI=1S/C40H28N4O/c1-2-26-25-41-22-21-32(26)28-19-17-27(18-20-28)31-23-34-33-15-9-10-16-36(33)45-37(34)35(24-31)40-43-38(29-11-5-3-6-12-29)42-39(44-40)30-13-7-4-8-14-30/h3-25H,2H2,1H3. The van der Waals surface area contributed by atoms with Gasteiger partial charge in [-0.2, -0.15) is 0 Å². The van der Waals surface area contributed by atoms with Crippen molar-refractivity contribution in [3.05, 3.63) is 145 Å². The Balaban J connectivity index is 1.35. The van der Waals surface area contributed by atoms with E-state index in [4.69, 9.17) is 19.4 Å². The largest absolute Gasteiger partial charge is 0.455 e. The monoisotopic (exact) mass is 580 g/mol. The average molecular weight is 581 g/mol. The second-order valence-electron chi connectivity index (χ2n) is 11.0. The highest BCUT2D eigenvalue weighted by Crippen LogP contribution is 2.39. The Bertz CT molecular complexity index is 2230. The van der Waals surface area contributed by atoms with Gasteiger partial charge in [0.05, 0.1) is 5.56 Å². The predicted octanol–water partition coefficient (Wildman–Crippen LogP) is 10.1. The number of furan rings is 1. The SMILES string of the molecule is CCc1cnccc1-c1ccc(-c2cc(-c3nc(-c4ccccc4)nc(-c4ccccc4)n3)c3oc4ccccc4c3c2)cc1. The summed E-state index contributed by atoms with van der Waals surface area (Å²) in [7, 11) is 0. The number of benzene rings is 5. The number of aromatic nitrogens is 4. The lowest BCUT2D eigenvalue weighted by atomic mass is 9.95. The van der Waals surface area contributed by atoms with E-state index in [1.165, 1.54) is 16.7 Å². The van der Waals surface area contributed by atoms with Gasteiger partial charge in [0.25, 0.3) is 0 Å². The van der Waals surface area contributed by atoms with Crippen LogP contribution in [-0.2, 0) is 6.42 Å². The molecule has 8 rings (SSSR count). The molecule has 5 aromatic carbocycles. The molecule has 0 amide bonds. The van der Waals surface area contributed by atoms with Crippen molar-refractivity contribution in [1.82, 2.24) is 19.9 Å². The van der Waals surface area contributed by atoms with Crippen molar-refractivity contribution in [3.63, 3.8) is 0 Å². The Hall–Kier alpha value is -5.94. The van der Waals surface area contributed by atoms with E-state index >= 15 is 0 Å². The first-order valence-electron chi connectivity index (χ1n) is 15.1. The summed E-state index contributed by atoms with van der Waals surface area (Å²) in [6, 6.07) is 43.4. The maximum absolute atomic E-state index is 6.52. The molecule has 5 nitrogen and oxygen atoms in total. The van der Waals surface area contributed by atoms with Gasteiger partial charge in [0.2, 0.25) is 0 Å². The first-order valence-corrected chi connectivity index (χ1v) is 15.1. The molecule has 45 heavy (non-hydrogen) atoms. The lowest BCUT2D eigenvalue weighted by Crippen LogP contribution is -2.00. The topological polar surface area (TPSA) is 64.7 Å². The maximum Gasteiger partial charge on any atom is 0.167 e. The van der Waals surface area contributed by atoms with Crippen LogP contribution in [0.5, 0.6) is 0 Å². The number of nitrogens with zero attached hydrogens (tertiary/aromatic N) is 4. The summed E-state index contributed by atoms with van der Waals surface area (Å²) in [5.41, 5.74) is 10.0. The molecule has 0 spiro atoms. The van der Waals surface area contributed by atoms with Crippen LogP contribution >= 0.6 is 0 Å². The molecular formula is C40H28N4O. The van der Waals surface area contributed by atoms with Crippen LogP contribution in [0, 0.1) is 0 Å². The van der Waals surface area contributed by atoms with Gasteiger partial charge in [0.1, 0.15) is 11.2 Å². The fourth-order valence-corrected chi connectivity index (χ4v) is 5.92. The van der Waals surface area contributed by atoms with E-state index in [2.05, 4.69) is 60.4 Å². The third-order valence-electron chi connectivity index (χ3n) is 8.23. The van der Waals surface area contributed by atoms with Gasteiger partial charge in [0, 0.05) is 34.3 Å². The van der Waals surface area contributed by atoms with Gasteiger partial charge in [0.15, 0.2) is 17.5 Å². The lowest BCUT2D eigenvalue weighted by molar-refractivity contribution is 0.669. The van der Waals surface area contributed by atoms with Crippen LogP contribution in [0.2, 0.25) is 0 Å². The molecule has 0 aliphatic rings. The summed E-state index contributed by atoms with van der Waals surface area (Å²) in [5, 5.41) is 2.07. The third kappa shape index (κ3) is 4.94. The van der Waals surface area contributed by atoms with E-state index in [9.17, 15) is 0 Å². The van der Waals surface area contributed by atoms with E-state index in [1.54, 1.807) is 0 Å². The quantitative estimate of drug-likeness (QED) is 0.196. The van der Waals surface area contributed by atoms with Gasteiger partial charge in [-0.05, 0) is 58.5 Å². The fourth-order valence-electron chi connectivity index (χ4n) is 5.92. The molecule has 0 bridgehead atoms. The number of para-hydroxylation sites is 1. The number of pyridine rings is 1. The van der Waals surface area contributed by atoms with E-state index < -0.39 is 0 Å². The number of hydrogen-bond donors (Lipinski definition) is 0. The van der Waals surface area contributed by atoms with Crippen LogP contribution in [0.1, 0.15) is 12.5 Å². The molecule has 8 aromatic rings. The average Bonchev–Trinajstić information content (AvgIpc) is 3.50. The number of fused-ring (bicyclic) bond motifs is 3. The van der Waals surface area contributed by atoms with Crippen LogP contribution < -0.4 is 0 Å². The molecule has 0 atom stereocenters. The Labute approximate surface area is 260 Å². The van der Waals surface area contributed by atoms with E-state index in [0.717, 1.165) is 56.2 Å². The highest BCUT2D eigenvalue weighted by Gasteiger charge is 2.19. The van der Waals surface area contributed by atoms with Gasteiger partial charge in [-0.25, -0.2) is 15.0 Å². The zero-order valence-electron chi connectivity index (χ0n) is 24.7. The molecule has 0 fully saturated rings. The van der Waals surface area contributed by atoms with Crippen molar-refractivity contribution in [2.24, 2.45) is 0 Å². The summed E-state index contributed by atoms with van der Waals surface area (Å²) >= 11 is 0. The van der Waals surface area contributed by atoms with Gasteiger partial charge < -0.3 is 4.42 Å². The maximum atomic E-state index is 6.52. The summed E-state index contributed by atoms with van der Waals surface area (Å²) in [5.74, 6) is 1.79. The second kappa shape index (κ2) is 11.3. The molecule has 0 aliphatic heterocycles. The normalized spacial score (nSPS) is 11.3. The Morgan fingerprint density at radius 1 is 0.511 bits per heavy atom. The first-order chi connectivity index (χ1) is 22.2. The van der Waals surface area contributed by atoms with E-state index in [0.29, 0.717) is 17.5 Å². The molecule has 0 aliphatic carbocycles. The first kappa shape index (κ1) is 26.7. The van der Waals surface area contributed by atoms with Crippen LogP contribution in [0.15, 0.2) is 144 Å². The molecular weight excluding hydrogens is 552 g/mol. The summed E-state index contributed by atoms with van der Waals surface area (Å²) in [6.07, 6.45) is 4.74. The summed E-state index contributed by atoms with van der Waals surface area (Å²) < 4.78 is 6.52. The van der Waals surface area contributed by atoms with Crippen molar-refractivity contribution in [3.8, 4) is 56.4 Å². The Morgan fingerprint density at radius 3 is 1.82 bits per heavy atom. The van der Waals surface area contributed by atoms with E-state index in [1.807, 2.05) is 91.3 Å². The smallest absolute Gasteiger partial charge is 0.167 e. The molecule has 0 unspecified atom stereocenters. The summed E-state index contributed by atoms with van der Waals surface area (Å²) in [4.78, 5) is 19.3. The van der Waals surface area contributed by atoms with Crippen LogP contribution in [0.25, 0.3) is 78.4 Å². The minimum absolute atomic E-state index is 0.564. The van der Waals surface area contributed by atoms with Crippen LogP contribution in [-0.4, -0.2) is 19.9 Å².